The molecule has 1 aromatic carbocycles. The van der Waals surface area contributed by atoms with Crippen molar-refractivity contribution in [2.24, 2.45) is 0 Å². The van der Waals surface area contributed by atoms with E-state index in [9.17, 15) is 0 Å². The second-order valence-corrected chi connectivity index (χ2v) is 5.74. The fourth-order valence-electron chi connectivity index (χ4n) is 1.54. The van der Waals surface area contributed by atoms with Crippen molar-refractivity contribution in [2.75, 3.05) is 11.6 Å². The Labute approximate surface area is 133 Å². The van der Waals surface area contributed by atoms with Crippen LogP contribution in [-0.4, -0.2) is 16.4 Å². The molecular weight excluding hydrogens is 310 g/mol. The van der Waals surface area contributed by atoms with E-state index in [1.54, 1.807) is 30.1 Å². The van der Waals surface area contributed by atoms with Gasteiger partial charge in [0.15, 0.2) is 5.11 Å². The Morgan fingerprint density at radius 3 is 2.60 bits per heavy atom. The van der Waals surface area contributed by atoms with E-state index in [-0.39, 0.29) is 0 Å². The SMILES string of the molecule is CSc1ccc(CNC(=S)Nc2ccc(Cl)cn2)cc1. The first kappa shape index (κ1) is 15.1. The summed E-state index contributed by atoms with van der Waals surface area (Å²) in [6, 6.07) is 11.9. The normalized spacial score (nSPS) is 10.1. The molecule has 0 aliphatic rings. The molecule has 2 aromatic rings. The molecule has 104 valence electrons. The monoisotopic (exact) mass is 323 g/mol. The maximum atomic E-state index is 5.77. The van der Waals surface area contributed by atoms with Crippen molar-refractivity contribution in [1.29, 1.82) is 0 Å². The van der Waals surface area contributed by atoms with Gasteiger partial charge in [0, 0.05) is 17.6 Å². The molecule has 0 radical (unpaired) electrons. The molecule has 0 unspecified atom stereocenters. The maximum absolute atomic E-state index is 5.77. The second-order valence-electron chi connectivity index (χ2n) is 4.02. The first-order chi connectivity index (χ1) is 9.67. The van der Waals surface area contributed by atoms with Gasteiger partial charge in [-0.2, -0.15) is 0 Å². The molecule has 0 bridgehead atoms. The number of thioether (sulfide) groups is 1. The molecule has 2 rings (SSSR count). The summed E-state index contributed by atoms with van der Waals surface area (Å²) in [5.41, 5.74) is 1.18. The zero-order chi connectivity index (χ0) is 14.4. The number of nitrogens with one attached hydrogen (secondary N) is 2. The third kappa shape index (κ3) is 4.67. The molecule has 1 heterocycles. The smallest absolute Gasteiger partial charge is 0.172 e. The molecule has 0 amide bonds. The van der Waals surface area contributed by atoms with E-state index in [1.165, 1.54) is 10.5 Å². The third-order valence-corrected chi connectivity index (χ3v) is 3.79. The topological polar surface area (TPSA) is 37.0 Å². The Morgan fingerprint density at radius 2 is 2.00 bits per heavy atom. The molecule has 0 saturated carbocycles. The van der Waals surface area contributed by atoms with Gasteiger partial charge in [-0.15, -0.1) is 11.8 Å². The van der Waals surface area contributed by atoms with Crippen LogP contribution in [0.1, 0.15) is 5.56 Å². The highest BCUT2D eigenvalue weighted by Crippen LogP contribution is 2.14. The summed E-state index contributed by atoms with van der Waals surface area (Å²) in [4.78, 5) is 5.37. The highest BCUT2D eigenvalue weighted by molar-refractivity contribution is 7.98. The molecule has 6 heteroatoms. The Morgan fingerprint density at radius 1 is 1.25 bits per heavy atom. The average Bonchev–Trinajstić information content (AvgIpc) is 2.48. The highest BCUT2D eigenvalue weighted by atomic mass is 35.5. The first-order valence-electron chi connectivity index (χ1n) is 5.97. The molecule has 0 saturated heterocycles. The summed E-state index contributed by atoms with van der Waals surface area (Å²) in [6.07, 6.45) is 3.64. The van der Waals surface area contributed by atoms with Gasteiger partial charge in [-0.25, -0.2) is 4.98 Å². The Balaban J connectivity index is 1.83. The number of hydrogen-bond donors (Lipinski definition) is 2. The van der Waals surface area contributed by atoms with Crippen LogP contribution in [0.5, 0.6) is 0 Å². The van der Waals surface area contributed by atoms with Gasteiger partial charge in [0.25, 0.3) is 0 Å². The lowest BCUT2D eigenvalue weighted by molar-refractivity contribution is 0.923. The van der Waals surface area contributed by atoms with Crippen LogP contribution in [-0.2, 0) is 6.54 Å². The molecule has 0 aliphatic carbocycles. The van der Waals surface area contributed by atoms with E-state index in [4.69, 9.17) is 23.8 Å². The number of hydrogen-bond acceptors (Lipinski definition) is 3. The second kappa shape index (κ2) is 7.47. The van der Waals surface area contributed by atoms with Crippen LogP contribution in [0, 0.1) is 0 Å². The van der Waals surface area contributed by atoms with E-state index in [0.29, 0.717) is 22.5 Å². The molecular formula is C14H14ClN3S2. The van der Waals surface area contributed by atoms with Gasteiger partial charge >= 0.3 is 0 Å². The van der Waals surface area contributed by atoms with Crippen molar-refractivity contribution in [3.63, 3.8) is 0 Å². The Hall–Kier alpha value is -1.30. The van der Waals surface area contributed by atoms with Gasteiger partial charge in [0.05, 0.1) is 5.02 Å². The van der Waals surface area contributed by atoms with Crippen molar-refractivity contribution >= 4 is 46.5 Å². The van der Waals surface area contributed by atoms with Crippen molar-refractivity contribution in [3.8, 4) is 0 Å². The van der Waals surface area contributed by atoms with Crippen molar-refractivity contribution in [3.05, 3.63) is 53.2 Å². The van der Waals surface area contributed by atoms with Crippen LogP contribution in [0.3, 0.4) is 0 Å². The summed E-state index contributed by atoms with van der Waals surface area (Å²) in [6.45, 7) is 0.675. The van der Waals surface area contributed by atoms with E-state index in [2.05, 4.69) is 46.1 Å². The Bertz CT molecular complexity index is 570. The molecule has 20 heavy (non-hydrogen) atoms. The maximum Gasteiger partial charge on any atom is 0.172 e. The van der Waals surface area contributed by atoms with E-state index >= 15 is 0 Å². The van der Waals surface area contributed by atoms with Crippen molar-refractivity contribution in [2.45, 2.75) is 11.4 Å². The minimum atomic E-state index is 0.536. The van der Waals surface area contributed by atoms with E-state index in [0.717, 1.165) is 0 Å². The molecule has 0 spiro atoms. The van der Waals surface area contributed by atoms with Crippen LogP contribution < -0.4 is 10.6 Å². The number of thiocarbonyl (C=S) groups is 1. The minimum Gasteiger partial charge on any atom is -0.358 e. The van der Waals surface area contributed by atoms with E-state index < -0.39 is 0 Å². The molecule has 0 aliphatic heterocycles. The van der Waals surface area contributed by atoms with Crippen LogP contribution in [0.4, 0.5) is 5.82 Å². The summed E-state index contributed by atoms with van der Waals surface area (Å²) in [5.74, 6) is 0.671. The van der Waals surface area contributed by atoms with E-state index in [1.807, 2.05) is 0 Å². The van der Waals surface area contributed by atoms with Gasteiger partial charge < -0.3 is 10.6 Å². The zero-order valence-corrected chi connectivity index (χ0v) is 13.3. The largest absolute Gasteiger partial charge is 0.358 e. The lowest BCUT2D eigenvalue weighted by atomic mass is 10.2. The quantitative estimate of drug-likeness (QED) is 0.658. The molecule has 0 fully saturated rings. The van der Waals surface area contributed by atoms with Crippen LogP contribution in [0.2, 0.25) is 5.02 Å². The number of halogens is 1. The van der Waals surface area contributed by atoms with Crippen LogP contribution in [0.25, 0.3) is 0 Å². The molecule has 2 N–H and O–H groups in total. The average molecular weight is 324 g/mol. The number of nitrogens with zero attached hydrogens (tertiary/aromatic N) is 1. The van der Waals surface area contributed by atoms with Crippen molar-refractivity contribution < 1.29 is 0 Å². The van der Waals surface area contributed by atoms with Gasteiger partial charge in [-0.3, -0.25) is 0 Å². The van der Waals surface area contributed by atoms with Crippen LogP contribution >= 0.6 is 35.6 Å². The van der Waals surface area contributed by atoms with Crippen LogP contribution in [0.15, 0.2) is 47.5 Å². The lowest BCUT2D eigenvalue weighted by Gasteiger charge is -2.10. The predicted molar refractivity (Wildman–Crippen MR) is 90.5 cm³/mol. The van der Waals surface area contributed by atoms with Gasteiger partial charge in [0.2, 0.25) is 0 Å². The number of aromatic nitrogens is 1. The summed E-state index contributed by atoms with van der Waals surface area (Å²) >= 11 is 12.7. The first-order valence-corrected chi connectivity index (χ1v) is 7.98. The fourth-order valence-corrected chi connectivity index (χ4v) is 2.23. The van der Waals surface area contributed by atoms with Gasteiger partial charge in [-0.05, 0) is 48.3 Å². The summed E-state index contributed by atoms with van der Waals surface area (Å²) in [7, 11) is 0. The third-order valence-electron chi connectivity index (χ3n) is 2.58. The number of rotatable bonds is 4. The highest BCUT2D eigenvalue weighted by Gasteiger charge is 1.99. The summed E-state index contributed by atoms with van der Waals surface area (Å²) in [5, 5.41) is 7.28. The van der Waals surface area contributed by atoms with Gasteiger partial charge in [0.1, 0.15) is 5.82 Å². The number of pyridine rings is 1. The standard InChI is InChI=1S/C14H14ClN3S2/c1-20-12-5-2-10(3-6-12)8-17-14(19)18-13-7-4-11(15)9-16-13/h2-7,9H,8H2,1H3,(H2,16,17,18,19). The number of anilines is 1. The van der Waals surface area contributed by atoms with Gasteiger partial charge in [-0.1, -0.05) is 23.7 Å². The Kier molecular flexibility index (Phi) is 5.64. The fraction of sp³-hybridized carbons (Fsp3) is 0.143. The summed E-state index contributed by atoms with van der Waals surface area (Å²) < 4.78 is 0. The zero-order valence-electron chi connectivity index (χ0n) is 10.9. The minimum absolute atomic E-state index is 0.536. The molecule has 0 atom stereocenters. The number of benzene rings is 1. The lowest BCUT2D eigenvalue weighted by Crippen LogP contribution is -2.28. The predicted octanol–water partition coefficient (Wildman–Crippen LogP) is 3.94. The van der Waals surface area contributed by atoms with Crippen molar-refractivity contribution in [1.82, 2.24) is 10.3 Å². The molecule has 1 aromatic heterocycles. The molecule has 3 nitrogen and oxygen atoms in total.